The first-order valence-corrected chi connectivity index (χ1v) is 9.48. The predicted molar refractivity (Wildman–Crippen MR) is 98.5 cm³/mol. The number of esters is 1. The summed E-state index contributed by atoms with van der Waals surface area (Å²) in [6.07, 6.45) is -1.09. The van der Waals surface area contributed by atoms with Gasteiger partial charge in [-0.25, -0.2) is 18.4 Å². The van der Waals surface area contributed by atoms with Gasteiger partial charge in [-0.05, 0) is 42.8 Å². The largest absolute Gasteiger partial charge is 0.449 e. The number of carbonyl (C=O) groups is 2. The molecule has 1 amide bonds. The first-order chi connectivity index (χ1) is 12.7. The van der Waals surface area contributed by atoms with Crippen LogP contribution in [0.25, 0.3) is 0 Å². The summed E-state index contributed by atoms with van der Waals surface area (Å²) in [7, 11) is -2.32. The summed E-state index contributed by atoms with van der Waals surface area (Å²) in [5.74, 6) is -1.26. The number of ether oxygens (including phenoxy) is 2. The number of anilines is 1. The van der Waals surface area contributed by atoms with Gasteiger partial charge >= 0.3 is 5.97 Å². The van der Waals surface area contributed by atoms with Crippen LogP contribution < -0.4 is 10.5 Å². The van der Waals surface area contributed by atoms with E-state index in [1.807, 2.05) is 0 Å². The predicted octanol–water partition coefficient (Wildman–Crippen LogP) is 1.66. The molecule has 1 atom stereocenters. The zero-order valence-electron chi connectivity index (χ0n) is 14.8. The first-order valence-electron chi connectivity index (χ1n) is 7.93. The van der Waals surface area contributed by atoms with E-state index in [1.165, 1.54) is 31.2 Å². The zero-order valence-corrected chi connectivity index (χ0v) is 15.7. The van der Waals surface area contributed by atoms with E-state index in [2.05, 4.69) is 5.32 Å². The SMILES string of the molecule is COCc1ccc(C(=O)O[C@@H](C)C(=O)Nc2cccc(S(N)(=O)=O)c2)cc1. The molecule has 0 aliphatic carbocycles. The Balaban J connectivity index is 2.00. The molecule has 3 N–H and O–H groups in total. The minimum atomic E-state index is -3.89. The molecule has 8 nitrogen and oxygen atoms in total. The molecule has 0 spiro atoms. The summed E-state index contributed by atoms with van der Waals surface area (Å²) in [4.78, 5) is 24.2. The molecule has 2 aromatic carbocycles. The molecule has 0 heterocycles. The van der Waals surface area contributed by atoms with Crippen LogP contribution in [-0.2, 0) is 30.9 Å². The number of sulfonamides is 1. The molecule has 0 bridgehead atoms. The second kappa shape index (κ2) is 8.76. The molecule has 27 heavy (non-hydrogen) atoms. The van der Waals surface area contributed by atoms with Crippen LogP contribution in [0.3, 0.4) is 0 Å². The average Bonchev–Trinajstić information content (AvgIpc) is 2.62. The lowest BCUT2D eigenvalue weighted by Crippen LogP contribution is -2.30. The van der Waals surface area contributed by atoms with Crippen molar-refractivity contribution in [2.75, 3.05) is 12.4 Å². The molecule has 0 fully saturated rings. The van der Waals surface area contributed by atoms with Crippen LogP contribution in [0.5, 0.6) is 0 Å². The quantitative estimate of drug-likeness (QED) is 0.691. The van der Waals surface area contributed by atoms with Gasteiger partial charge < -0.3 is 14.8 Å². The molecule has 0 aliphatic heterocycles. The van der Waals surface area contributed by atoms with Gasteiger partial charge in [0.2, 0.25) is 10.0 Å². The van der Waals surface area contributed by atoms with Gasteiger partial charge in [0.25, 0.3) is 5.91 Å². The van der Waals surface area contributed by atoms with Gasteiger partial charge in [-0.15, -0.1) is 0 Å². The number of hydrogen-bond donors (Lipinski definition) is 2. The van der Waals surface area contributed by atoms with Crippen molar-refractivity contribution in [3.05, 3.63) is 59.7 Å². The van der Waals surface area contributed by atoms with Gasteiger partial charge in [-0.1, -0.05) is 18.2 Å². The molecule has 0 aromatic heterocycles. The first kappa shape index (κ1) is 20.6. The Hall–Kier alpha value is -2.75. The summed E-state index contributed by atoms with van der Waals surface area (Å²) in [6.45, 7) is 1.84. The second-order valence-electron chi connectivity index (χ2n) is 5.74. The van der Waals surface area contributed by atoms with Crippen molar-refractivity contribution in [3.63, 3.8) is 0 Å². The third kappa shape index (κ3) is 5.88. The minimum Gasteiger partial charge on any atom is -0.449 e. The van der Waals surface area contributed by atoms with E-state index >= 15 is 0 Å². The maximum absolute atomic E-state index is 12.2. The Morgan fingerprint density at radius 3 is 2.41 bits per heavy atom. The summed E-state index contributed by atoms with van der Waals surface area (Å²) < 4.78 is 32.9. The lowest BCUT2D eigenvalue weighted by molar-refractivity contribution is -0.123. The Kier molecular flexibility index (Phi) is 6.67. The van der Waals surface area contributed by atoms with Gasteiger partial charge in [0, 0.05) is 12.8 Å². The molecule has 0 aliphatic rings. The summed E-state index contributed by atoms with van der Waals surface area (Å²) in [5.41, 5.74) is 1.42. The number of carbonyl (C=O) groups excluding carboxylic acids is 2. The smallest absolute Gasteiger partial charge is 0.338 e. The van der Waals surface area contributed by atoms with Crippen molar-refractivity contribution in [2.24, 2.45) is 5.14 Å². The Bertz CT molecular complexity index is 925. The standard InChI is InChI=1S/C18H20N2O6S/c1-12(26-18(22)14-8-6-13(7-9-14)11-25-2)17(21)20-15-4-3-5-16(10-15)27(19,23)24/h3-10,12H,11H2,1-2H3,(H,20,21)(H2,19,23,24)/t12-/m0/s1. The minimum absolute atomic E-state index is 0.138. The van der Waals surface area contributed by atoms with Crippen LogP contribution in [0.1, 0.15) is 22.8 Å². The lowest BCUT2D eigenvalue weighted by atomic mass is 10.1. The van der Waals surface area contributed by atoms with Crippen LogP contribution >= 0.6 is 0 Å². The van der Waals surface area contributed by atoms with E-state index in [1.54, 1.807) is 31.4 Å². The molecule has 0 saturated heterocycles. The highest BCUT2D eigenvalue weighted by atomic mass is 32.2. The number of amides is 1. The summed E-state index contributed by atoms with van der Waals surface area (Å²) >= 11 is 0. The number of rotatable bonds is 7. The van der Waals surface area contributed by atoms with Gasteiger partial charge in [-0.3, -0.25) is 4.79 Å². The Morgan fingerprint density at radius 1 is 1.15 bits per heavy atom. The molecule has 2 aromatic rings. The maximum Gasteiger partial charge on any atom is 0.338 e. The molecule has 0 unspecified atom stereocenters. The number of hydrogen-bond acceptors (Lipinski definition) is 6. The van der Waals surface area contributed by atoms with Gasteiger partial charge in [0.05, 0.1) is 17.1 Å². The van der Waals surface area contributed by atoms with E-state index in [9.17, 15) is 18.0 Å². The van der Waals surface area contributed by atoms with E-state index in [4.69, 9.17) is 14.6 Å². The zero-order chi connectivity index (χ0) is 20.0. The van der Waals surface area contributed by atoms with Crippen LogP contribution in [0, 0.1) is 0 Å². The summed E-state index contributed by atoms with van der Waals surface area (Å²) in [5, 5.41) is 7.54. The molecular formula is C18H20N2O6S. The van der Waals surface area contributed by atoms with E-state index in [0.29, 0.717) is 12.2 Å². The number of benzene rings is 2. The molecule has 0 radical (unpaired) electrons. The van der Waals surface area contributed by atoms with E-state index in [-0.39, 0.29) is 10.6 Å². The van der Waals surface area contributed by atoms with Crippen LogP contribution in [0.2, 0.25) is 0 Å². The number of primary sulfonamides is 1. The molecule has 2 rings (SSSR count). The molecule has 0 saturated carbocycles. The van der Waals surface area contributed by atoms with Crippen LogP contribution in [0.15, 0.2) is 53.4 Å². The van der Waals surface area contributed by atoms with Crippen molar-refractivity contribution < 1.29 is 27.5 Å². The third-order valence-corrected chi connectivity index (χ3v) is 4.49. The highest BCUT2D eigenvalue weighted by Crippen LogP contribution is 2.15. The van der Waals surface area contributed by atoms with E-state index in [0.717, 1.165) is 5.56 Å². The fourth-order valence-electron chi connectivity index (χ4n) is 2.18. The van der Waals surface area contributed by atoms with Crippen LogP contribution in [-0.4, -0.2) is 33.5 Å². The van der Waals surface area contributed by atoms with Gasteiger partial charge in [0.15, 0.2) is 6.10 Å². The maximum atomic E-state index is 12.2. The monoisotopic (exact) mass is 392 g/mol. The Morgan fingerprint density at radius 2 is 1.81 bits per heavy atom. The molecular weight excluding hydrogens is 372 g/mol. The van der Waals surface area contributed by atoms with Crippen molar-refractivity contribution >= 4 is 27.6 Å². The highest BCUT2D eigenvalue weighted by Gasteiger charge is 2.19. The van der Waals surface area contributed by atoms with Crippen molar-refractivity contribution in [2.45, 2.75) is 24.5 Å². The number of nitrogens with two attached hydrogens (primary N) is 1. The van der Waals surface area contributed by atoms with Gasteiger partial charge in [0.1, 0.15) is 0 Å². The second-order valence-corrected chi connectivity index (χ2v) is 7.30. The lowest BCUT2D eigenvalue weighted by Gasteiger charge is -2.14. The highest BCUT2D eigenvalue weighted by molar-refractivity contribution is 7.89. The van der Waals surface area contributed by atoms with Crippen molar-refractivity contribution in [1.29, 1.82) is 0 Å². The van der Waals surface area contributed by atoms with Crippen molar-refractivity contribution in [1.82, 2.24) is 0 Å². The summed E-state index contributed by atoms with van der Waals surface area (Å²) in [6, 6.07) is 12.1. The van der Waals surface area contributed by atoms with Crippen LogP contribution in [0.4, 0.5) is 5.69 Å². The fraction of sp³-hybridized carbons (Fsp3) is 0.222. The van der Waals surface area contributed by atoms with Crippen molar-refractivity contribution in [3.8, 4) is 0 Å². The van der Waals surface area contributed by atoms with E-state index < -0.39 is 28.0 Å². The molecule has 144 valence electrons. The number of methoxy groups -OCH3 is 1. The Labute approximate surface area is 157 Å². The molecule has 9 heteroatoms. The number of nitrogens with one attached hydrogen (secondary N) is 1. The topological polar surface area (TPSA) is 125 Å². The average molecular weight is 392 g/mol. The fourth-order valence-corrected chi connectivity index (χ4v) is 2.74. The van der Waals surface area contributed by atoms with Gasteiger partial charge in [-0.2, -0.15) is 0 Å². The normalized spacial score (nSPS) is 12.3. The third-order valence-electron chi connectivity index (χ3n) is 3.58.